The van der Waals surface area contributed by atoms with Crippen molar-refractivity contribution < 1.29 is 9.47 Å². The van der Waals surface area contributed by atoms with Gasteiger partial charge in [0.05, 0.1) is 18.1 Å². The topological polar surface area (TPSA) is 30.5 Å². The normalized spacial score (nSPS) is 21.1. The van der Waals surface area contributed by atoms with E-state index >= 15 is 0 Å². The third kappa shape index (κ3) is 3.46. The molecule has 0 spiro atoms. The van der Waals surface area contributed by atoms with E-state index in [0.29, 0.717) is 12.1 Å². The average Bonchev–Trinajstić information content (AvgIpc) is 3.05. The fourth-order valence-electron chi connectivity index (χ4n) is 2.56. The van der Waals surface area contributed by atoms with Crippen LogP contribution in [0.15, 0.2) is 11.4 Å². The van der Waals surface area contributed by atoms with Gasteiger partial charge in [-0.25, -0.2) is 0 Å². The van der Waals surface area contributed by atoms with Gasteiger partial charge in [0.15, 0.2) is 0 Å². The molecule has 2 unspecified atom stereocenters. The Morgan fingerprint density at radius 2 is 2.50 bits per heavy atom. The highest BCUT2D eigenvalue weighted by atomic mass is 32.1. The maximum Gasteiger partial charge on any atom is 0.134 e. The van der Waals surface area contributed by atoms with Gasteiger partial charge >= 0.3 is 0 Å². The van der Waals surface area contributed by atoms with E-state index in [0.717, 1.165) is 18.8 Å². The number of ether oxygens (including phenoxy) is 2. The monoisotopic (exact) mass is 269 g/mol. The quantitative estimate of drug-likeness (QED) is 0.823. The molecule has 0 bridgehead atoms. The van der Waals surface area contributed by atoms with Crippen LogP contribution in [-0.2, 0) is 4.74 Å². The van der Waals surface area contributed by atoms with Crippen LogP contribution in [0.5, 0.6) is 5.75 Å². The molecule has 2 heterocycles. The van der Waals surface area contributed by atoms with E-state index < -0.39 is 0 Å². The van der Waals surface area contributed by atoms with Crippen molar-refractivity contribution in [2.24, 2.45) is 0 Å². The predicted octanol–water partition coefficient (Wildman–Crippen LogP) is 3.37. The van der Waals surface area contributed by atoms with Crippen molar-refractivity contribution in [3.05, 3.63) is 16.3 Å². The van der Waals surface area contributed by atoms with Crippen LogP contribution in [0.1, 0.15) is 43.0 Å². The van der Waals surface area contributed by atoms with E-state index in [9.17, 15) is 0 Å². The Morgan fingerprint density at radius 3 is 3.17 bits per heavy atom. The highest BCUT2D eigenvalue weighted by Gasteiger charge is 2.18. The van der Waals surface area contributed by atoms with E-state index in [1.54, 1.807) is 18.4 Å². The van der Waals surface area contributed by atoms with Crippen molar-refractivity contribution in [3.63, 3.8) is 0 Å². The molecule has 1 saturated heterocycles. The number of hydrogen-bond acceptors (Lipinski definition) is 4. The Morgan fingerprint density at radius 1 is 1.61 bits per heavy atom. The first kappa shape index (κ1) is 13.8. The van der Waals surface area contributed by atoms with Gasteiger partial charge in [-0.3, -0.25) is 0 Å². The highest BCUT2D eigenvalue weighted by Crippen LogP contribution is 2.33. The minimum atomic E-state index is 0.404. The molecule has 4 heteroatoms. The zero-order valence-electron chi connectivity index (χ0n) is 11.3. The molecule has 2 rings (SSSR count). The molecule has 3 nitrogen and oxygen atoms in total. The van der Waals surface area contributed by atoms with Crippen LogP contribution >= 0.6 is 11.3 Å². The second-order valence-electron chi connectivity index (χ2n) is 4.76. The Balaban J connectivity index is 1.81. The van der Waals surface area contributed by atoms with E-state index in [2.05, 4.69) is 10.7 Å². The SMILES string of the molecule is CNC(CCCC1CCCO1)c1sccc1OC. The molecule has 0 saturated carbocycles. The van der Waals surface area contributed by atoms with Crippen molar-refractivity contribution >= 4 is 11.3 Å². The van der Waals surface area contributed by atoms with E-state index in [1.807, 2.05) is 13.1 Å². The summed E-state index contributed by atoms with van der Waals surface area (Å²) in [5, 5.41) is 5.49. The lowest BCUT2D eigenvalue weighted by Gasteiger charge is -2.17. The van der Waals surface area contributed by atoms with Gasteiger partial charge in [0.25, 0.3) is 0 Å². The van der Waals surface area contributed by atoms with Crippen LogP contribution in [0, 0.1) is 0 Å². The minimum Gasteiger partial charge on any atom is -0.496 e. The summed E-state index contributed by atoms with van der Waals surface area (Å²) in [7, 11) is 3.76. The lowest BCUT2D eigenvalue weighted by Crippen LogP contribution is -2.16. The molecule has 18 heavy (non-hydrogen) atoms. The average molecular weight is 269 g/mol. The third-order valence-electron chi connectivity index (χ3n) is 3.59. The molecule has 0 aromatic carbocycles. The number of nitrogens with one attached hydrogen (secondary N) is 1. The highest BCUT2D eigenvalue weighted by molar-refractivity contribution is 7.10. The van der Waals surface area contributed by atoms with Crippen LogP contribution in [0.4, 0.5) is 0 Å². The molecular formula is C14H23NO2S. The summed E-state index contributed by atoms with van der Waals surface area (Å²) in [5.41, 5.74) is 0. The first-order valence-corrected chi connectivity index (χ1v) is 7.63. The molecule has 1 aliphatic heterocycles. The van der Waals surface area contributed by atoms with Crippen LogP contribution in [-0.4, -0.2) is 26.9 Å². The first-order chi connectivity index (χ1) is 8.85. The number of methoxy groups -OCH3 is 1. The standard InChI is InChI=1S/C14H23NO2S/c1-15-12(14-13(16-2)8-10-18-14)7-3-5-11-6-4-9-17-11/h8,10-12,15H,3-7,9H2,1-2H3. The second kappa shape index (κ2) is 7.12. The van der Waals surface area contributed by atoms with Gasteiger partial charge < -0.3 is 14.8 Å². The maximum atomic E-state index is 5.66. The molecule has 1 N–H and O–H groups in total. The summed E-state index contributed by atoms with van der Waals surface area (Å²) in [4.78, 5) is 1.31. The molecule has 2 atom stereocenters. The largest absolute Gasteiger partial charge is 0.496 e. The summed E-state index contributed by atoms with van der Waals surface area (Å²) in [6, 6.07) is 2.45. The van der Waals surface area contributed by atoms with Gasteiger partial charge in [0.1, 0.15) is 5.75 Å². The van der Waals surface area contributed by atoms with Crippen molar-refractivity contribution in [2.45, 2.75) is 44.2 Å². The van der Waals surface area contributed by atoms with Crippen molar-refractivity contribution in [2.75, 3.05) is 20.8 Å². The molecule has 0 radical (unpaired) electrons. The Labute approximate surface area is 113 Å². The van der Waals surface area contributed by atoms with Crippen molar-refractivity contribution in [1.29, 1.82) is 0 Å². The first-order valence-electron chi connectivity index (χ1n) is 6.75. The molecule has 0 aliphatic carbocycles. The molecule has 1 aliphatic rings. The Hall–Kier alpha value is -0.580. The number of rotatable bonds is 7. The van der Waals surface area contributed by atoms with Gasteiger partial charge in [0.2, 0.25) is 0 Å². The lowest BCUT2D eigenvalue weighted by atomic mass is 10.0. The van der Waals surface area contributed by atoms with Crippen LogP contribution in [0.3, 0.4) is 0 Å². The van der Waals surface area contributed by atoms with Crippen molar-refractivity contribution in [1.82, 2.24) is 5.32 Å². The van der Waals surface area contributed by atoms with E-state index in [4.69, 9.17) is 9.47 Å². The summed E-state index contributed by atoms with van der Waals surface area (Å²) < 4.78 is 11.1. The predicted molar refractivity (Wildman–Crippen MR) is 75.5 cm³/mol. The third-order valence-corrected chi connectivity index (χ3v) is 4.60. The van der Waals surface area contributed by atoms with Crippen LogP contribution in [0.25, 0.3) is 0 Å². The molecule has 1 fully saturated rings. The van der Waals surface area contributed by atoms with E-state index in [1.165, 1.54) is 30.6 Å². The molecular weight excluding hydrogens is 246 g/mol. The number of thiophene rings is 1. The Kier molecular flexibility index (Phi) is 5.47. The summed E-state index contributed by atoms with van der Waals surface area (Å²) in [6.45, 7) is 0.957. The van der Waals surface area contributed by atoms with Crippen LogP contribution in [0.2, 0.25) is 0 Å². The van der Waals surface area contributed by atoms with Crippen molar-refractivity contribution in [3.8, 4) is 5.75 Å². The smallest absolute Gasteiger partial charge is 0.134 e. The molecule has 0 amide bonds. The maximum absolute atomic E-state index is 5.66. The fraction of sp³-hybridized carbons (Fsp3) is 0.714. The second-order valence-corrected chi connectivity index (χ2v) is 5.71. The zero-order chi connectivity index (χ0) is 12.8. The fourth-order valence-corrected chi connectivity index (χ4v) is 3.57. The van der Waals surface area contributed by atoms with Gasteiger partial charge in [-0.2, -0.15) is 0 Å². The molecule has 1 aromatic heterocycles. The van der Waals surface area contributed by atoms with Gasteiger partial charge in [-0.05, 0) is 50.6 Å². The lowest BCUT2D eigenvalue weighted by molar-refractivity contribution is 0.101. The Bertz CT molecular complexity index is 347. The number of hydrogen-bond donors (Lipinski definition) is 1. The van der Waals surface area contributed by atoms with Gasteiger partial charge in [-0.15, -0.1) is 11.3 Å². The molecule has 1 aromatic rings. The van der Waals surface area contributed by atoms with Gasteiger partial charge in [0, 0.05) is 12.6 Å². The van der Waals surface area contributed by atoms with Crippen LogP contribution < -0.4 is 10.1 Å². The molecule has 102 valence electrons. The summed E-state index contributed by atoms with van der Waals surface area (Å²) >= 11 is 1.77. The van der Waals surface area contributed by atoms with Gasteiger partial charge in [-0.1, -0.05) is 0 Å². The summed E-state index contributed by atoms with van der Waals surface area (Å²) in [6.07, 6.45) is 6.52. The van der Waals surface area contributed by atoms with E-state index in [-0.39, 0.29) is 0 Å². The summed E-state index contributed by atoms with van der Waals surface area (Å²) in [5.74, 6) is 1.01. The zero-order valence-corrected chi connectivity index (χ0v) is 12.1. The minimum absolute atomic E-state index is 0.404.